The fourth-order valence-electron chi connectivity index (χ4n) is 3.21. The van der Waals surface area contributed by atoms with Crippen LogP contribution in [0.3, 0.4) is 0 Å². The molecule has 1 rings (SSSR count). The van der Waals surface area contributed by atoms with Crippen molar-refractivity contribution in [3.8, 4) is 0 Å². The summed E-state index contributed by atoms with van der Waals surface area (Å²) in [6, 6.07) is 0. The minimum Gasteiger partial charge on any atom is -0.329 e. The van der Waals surface area contributed by atoms with Gasteiger partial charge in [0, 0.05) is 25.8 Å². The first kappa shape index (κ1) is 20.4. The summed E-state index contributed by atoms with van der Waals surface area (Å²) in [6.45, 7) is 4.96. The smallest absolute Gasteiger partial charge is 0.102 e. The lowest BCUT2D eigenvalue weighted by Gasteiger charge is -2.21. The number of unbranched alkanes of at least 4 members (excludes halogenated alkanes) is 9. The zero-order chi connectivity index (χ0) is 16.6. The van der Waals surface area contributed by atoms with E-state index in [4.69, 9.17) is 5.73 Å². The van der Waals surface area contributed by atoms with E-state index in [0.29, 0.717) is 6.17 Å². The lowest BCUT2D eigenvalue weighted by Crippen LogP contribution is -2.34. The number of allylic oxidation sites excluding steroid dienone is 2. The standard InChI is InChI=1S/C20H39N3/c1-2-3-4-5-6-7-8-9-10-11-12-13-14-15-20-22-17-19-23(20)18-16-21/h4-5,17,20H,2-3,6-16,18-19,21H2,1H3/b5-4+. The largest absolute Gasteiger partial charge is 0.329 e. The van der Waals surface area contributed by atoms with Crippen LogP contribution in [0, 0.1) is 0 Å². The summed E-state index contributed by atoms with van der Waals surface area (Å²) in [5.74, 6) is 0. The van der Waals surface area contributed by atoms with E-state index in [-0.39, 0.29) is 0 Å². The first-order valence-corrected chi connectivity index (χ1v) is 9.99. The maximum absolute atomic E-state index is 5.64. The number of hydrogen-bond donors (Lipinski definition) is 1. The minimum atomic E-state index is 0.416. The van der Waals surface area contributed by atoms with Crippen LogP contribution in [0.2, 0.25) is 0 Å². The van der Waals surface area contributed by atoms with Gasteiger partial charge in [0.05, 0.1) is 0 Å². The second kappa shape index (κ2) is 14.9. The van der Waals surface area contributed by atoms with Crippen molar-refractivity contribution in [2.45, 2.75) is 90.1 Å². The van der Waals surface area contributed by atoms with Crippen molar-refractivity contribution in [1.29, 1.82) is 0 Å². The molecule has 3 nitrogen and oxygen atoms in total. The van der Waals surface area contributed by atoms with Gasteiger partial charge in [-0.2, -0.15) is 0 Å². The number of hydrogen-bond acceptors (Lipinski definition) is 3. The summed E-state index contributed by atoms with van der Waals surface area (Å²) in [5.41, 5.74) is 5.64. The molecule has 2 N–H and O–H groups in total. The lowest BCUT2D eigenvalue weighted by atomic mass is 10.1. The highest BCUT2D eigenvalue weighted by Gasteiger charge is 2.19. The van der Waals surface area contributed by atoms with E-state index in [2.05, 4.69) is 35.2 Å². The average molecular weight is 322 g/mol. The van der Waals surface area contributed by atoms with Gasteiger partial charge in [0.1, 0.15) is 6.17 Å². The SMILES string of the molecule is CCC/C=C/CCCCCCCCCCC1N=CCN1CCN. The summed E-state index contributed by atoms with van der Waals surface area (Å²) < 4.78 is 0. The van der Waals surface area contributed by atoms with Crippen molar-refractivity contribution < 1.29 is 0 Å². The first-order chi connectivity index (χ1) is 11.4. The highest BCUT2D eigenvalue weighted by atomic mass is 15.3. The molecule has 134 valence electrons. The van der Waals surface area contributed by atoms with Crippen molar-refractivity contribution in [3.05, 3.63) is 12.2 Å². The quantitative estimate of drug-likeness (QED) is 0.344. The van der Waals surface area contributed by atoms with Crippen LogP contribution >= 0.6 is 0 Å². The predicted molar refractivity (Wildman–Crippen MR) is 103 cm³/mol. The van der Waals surface area contributed by atoms with E-state index >= 15 is 0 Å². The molecular weight excluding hydrogens is 282 g/mol. The normalized spacial score (nSPS) is 18.4. The summed E-state index contributed by atoms with van der Waals surface area (Å²) >= 11 is 0. The molecule has 0 amide bonds. The molecule has 0 spiro atoms. The lowest BCUT2D eigenvalue weighted by molar-refractivity contribution is 0.241. The summed E-state index contributed by atoms with van der Waals surface area (Å²) in [7, 11) is 0. The van der Waals surface area contributed by atoms with Crippen LogP contribution in [0.4, 0.5) is 0 Å². The maximum atomic E-state index is 5.64. The molecule has 0 saturated carbocycles. The summed E-state index contributed by atoms with van der Waals surface area (Å²) in [6.07, 6.45) is 23.3. The highest BCUT2D eigenvalue weighted by molar-refractivity contribution is 5.62. The third kappa shape index (κ3) is 10.7. The van der Waals surface area contributed by atoms with Gasteiger partial charge in [-0.15, -0.1) is 0 Å². The Hall–Kier alpha value is -0.670. The van der Waals surface area contributed by atoms with Crippen molar-refractivity contribution in [1.82, 2.24) is 4.90 Å². The van der Waals surface area contributed by atoms with Crippen LogP contribution in [-0.4, -0.2) is 36.9 Å². The second-order valence-electron chi connectivity index (χ2n) is 6.76. The predicted octanol–water partition coefficient (Wildman–Crippen LogP) is 4.91. The Labute approximate surface area is 144 Å². The van der Waals surface area contributed by atoms with E-state index in [1.165, 1.54) is 77.0 Å². The average Bonchev–Trinajstić information content (AvgIpc) is 2.99. The topological polar surface area (TPSA) is 41.6 Å². The van der Waals surface area contributed by atoms with Crippen molar-refractivity contribution >= 4 is 6.21 Å². The van der Waals surface area contributed by atoms with Gasteiger partial charge in [0.2, 0.25) is 0 Å². The molecule has 0 aromatic heterocycles. The molecule has 3 heteroatoms. The van der Waals surface area contributed by atoms with Crippen LogP contribution < -0.4 is 5.73 Å². The molecule has 1 unspecified atom stereocenters. The fourth-order valence-corrected chi connectivity index (χ4v) is 3.21. The summed E-state index contributed by atoms with van der Waals surface area (Å²) in [4.78, 5) is 6.97. The van der Waals surface area contributed by atoms with Gasteiger partial charge in [0.15, 0.2) is 0 Å². The molecule has 0 radical (unpaired) electrons. The zero-order valence-electron chi connectivity index (χ0n) is 15.4. The Bertz CT molecular complexity index is 312. The monoisotopic (exact) mass is 321 g/mol. The Morgan fingerprint density at radius 2 is 1.65 bits per heavy atom. The van der Waals surface area contributed by atoms with E-state index < -0.39 is 0 Å². The molecular formula is C20H39N3. The second-order valence-corrected chi connectivity index (χ2v) is 6.76. The molecule has 23 heavy (non-hydrogen) atoms. The molecule has 1 aliphatic rings. The van der Waals surface area contributed by atoms with E-state index in [0.717, 1.165) is 19.6 Å². The first-order valence-electron chi connectivity index (χ1n) is 9.99. The number of aliphatic imine (C=N–C) groups is 1. The maximum Gasteiger partial charge on any atom is 0.102 e. The van der Waals surface area contributed by atoms with E-state index in [9.17, 15) is 0 Å². The summed E-state index contributed by atoms with van der Waals surface area (Å²) in [5, 5.41) is 0. The van der Waals surface area contributed by atoms with E-state index in [1.54, 1.807) is 0 Å². The van der Waals surface area contributed by atoms with Gasteiger partial charge in [-0.25, -0.2) is 0 Å². The molecule has 0 aromatic carbocycles. The molecule has 0 aromatic rings. The number of nitrogens with zero attached hydrogens (tertiary/aromatic N) is 2. The Morgan fingerprint density at radius 1 is 1.00 bits per heavy atom. The zero-order valence-corrected chi connectivity index (χ0v) is 15.4. The molecule has 1 aliphatic heterocycles. The van der Waals surface area contributed by atoms with Crippen LogP contribution in [0.15, 0.2) is 17.1 Å². The van der Waals surface area contributed by atoms with Crippen molar-refractivity contribution in [3.63, 3.8) is 0 Å². The third-order valence-corrected chi connectivity index (χ3v) is 4.64. The van der Waals surface area contributed by atoms with E-state index in [1.807, 2.05) is 0 Å². The van der Waals surface area contributed by atoms with Crippen LogP contribution in [0.1, 0.15) is 84.0 Å². The molecule has 1 atom stereocenters. The highest BCUT2D eigenvalue weighted by Crippen LogP contribution is 2.16. The van der Waals surface area contributed by atoms with Gasteiger partial charge in [-0.3, -0.25) is 9.89 Å². The molecule has 0 saturated heterocycles. The Kier molecular flexibility index (Phi) is 13.2. The Morgan fingerprint density at radius 3 is 2.35 bits per heavy atom. The van der Waals surface area contributed by atoms with Gasteiger partial charge in [0.25, 0.3) is 0 Å². The Balaban J connectivity index is 1.82. The van der Waals surface area contributed by atoms with Gasteiger partial charge >= 0.3 is 0 Å². The van der Waals surface area contributed by atoms with Crippen LogP contribution in [0.25, 0.3) is 0 Å². The van der Waals surface area contributed by atoms with Crippen molar-refractivity contribution in [2.24, 2.45) is 10.7 Å². The number of rotatable bonds is 15. The third-order valence-electron chi connectivity index (χ3n) is 4.64. The van der Waals surface area contributed by atoms with Crippen LogP contribution in [-0.2, 0) is 0 Å². The minimum absolute atomic E-state index is 0.416. The fraction of sp³-hybridized carbons (Fsp3) is 0.850. The van der Waals surface area contributed by atoms with Crippen molar-refractivity contribution in [2.75, 3.05) is 19.6 Å². The number of nitrogens with two attached hydrogens (primary N) is 1. The van der Waals surface area contributed by atoms with Gasteiger partial charge < -0.3 is 5.73 Å². The molecule has 0 bridgehead atoms. The molecule has 1 heterocycles. The van der Waals surface area contributed by atoms with Gasteiger partial charge in [-0.1, -0.05) is 64.0 Å². The van der Waals surface area contributed by atoms with Crippen LogP contribution in [0.5, 0.6) is 0 Å². The van der Waals surface area contributed by atoms with Gasteiger partial charge in [-0.05, 0) is 32.1 Å². The molecule has 0 aliphatic carbocycles. The molecule has 0 fully saturated rings.